The Morgan fingerprint density at radius 1 is 1.35 bits per heavy atom. The van der Waals surface area contributed by atoms with Crippen LogP contribution < -0.4 is 5.73 Å². The number of halogens is 3. The second kappa shape index (κ2) is 5.61. The third kappa shape index (κ3) is 3.16. The minimum absolute atomic E-state index is 0.268. The van der Waals surface area contributed by atoms with Gasteiger partial charge < -0.3 is 5.73 Å². The summed E-state index contributed by atoms with van der Waals surface area (Å²) in [6.07, 6.45) is 0.642. The van der Waals surface area contributed by atoms with Crippen LogP contribution in [0, 0.1) is 5.82 Å². The highest BCUT2D eigenvalue weighted by atomic mass is 79.9. The molecule has 5 heteroatoms. The molecule has 0 fully saturated rings. The van der Waals surface area contributed by atoms with Gasteiger partial charge in [-0.25, -0.2) is 4.39 Å². The lowest BCUT2D eigenvalue weighted by atomic mass is 10.0. The fourth-order valence-electron chi connectivity index (χ4n) is 1.59. The van der Waals surface area contributed by atoms with E-state index in [1.165, 1.54) is 0 Å². The van der Waals surface area contributed by atoms with Crippen LogP contribution in [0.25, 0.3) is 0 Å². The summed E-state index contributed by atoms with van der Waals surface area (Å²) in [5.74, 6) is -0.268. The molecule has 2 N–H and O–H groups in total. The van der Waals surface area contributed by atoms with Crippen LogP contribution in [0.5, 0.6) is 0 Å². The van der Waals surface area contributed by atoms with Gasteiger partial charge in [0.1, 0.15) is 5.82 Å². The van der Waals surface area contributed by atoms with E-state index >= 15 is 0 Å². The van der Waals surface area contributed by atoms with Crippen LogP contribution >= 0.6 is 43.2 Å². The summed E-state index contributed by atoms with van der Waals surface area (Å²) in [5.41, 5.74) is 6.58. The van der Waals surface area contributed by atoms with Gasteiger partial charge in [0.2, 0.25) is 0 Å². The fourth-order valence-corrected chi connectivity index (χ4v) is 3.49. The predicted octanol–water partition coefficient (Wildman–Crippen LogP) is 4.65. The Morgan fingerprint density at radius 3 is 2.76 bits per heavy atom. The second-order valence-corrected chi connectivity index (χ2v) is 6.45. The first kappa shape index (κ1) is 13.2. The van der Waals surface area contributed by atoms with E-state index in [1.54, 1.807) is 29.5 Å². The zero-order valence-corrected chi connectivity index (χ0v) is 12.8. The van der Waals surface area contributed by atoms with E-state index in [2.05, 4.69) is 31.9 Å². The van der Waals surface area contributed by atoms with Crippen LogP contribution in [0.4, 0.5) is 4.39 Å². The number of nitrogens with two attached hydrogens (primary N) is 1. The summed E-state index contributed by atoms with van der Waals surface area (Å²) in [5, 5.41) is 2.00. The van der Waals surface area contributed by atoms with Crippen LogP contribution in [-0.2, 0) is 6.42 Å². The Hall–Kier alpha value is -0.230. The number of hydrogen-bond acceptors (Lipinski definition) is 2. The quantitative estimate of drug-likeness (QED) is 0.826. The Bertz CT molecular complexity index is 527. The van der Waals surface area contributed by atoms with Gasteiger partial charge in [0.05, 0.1) is 4.47 Å². The van der Waals surface area contributed by atoms with Crippen molar-refractivity contribution in [2.75, 3.05) is 0 Å². The molecule has 0 spiro atoms. The molecule has 0 amide bonds. The molecule has 17 heavy (non-hydrogen) atoms. The molecule has 2 aromatic rings. The SMILES string of the molecule is NC(Cc1cc(Br)cs1)c1cccc(Br)c1F. The standard InChI is InChI=1S/C12H10Br2FNS/c13-7-4-8(17-6-7)5-11(16)9-2-1-3-10(14)12(9)15/h1-4,6,11H,5,16H2. The molecule has 0 saturated carbocycles. The van der Waals surface area contributed by atoms with Gasteiger partial charge >= 0.3 is 0 Å². The van der Waals surface area contributed by atoms with Crippen LogP contribution in [-0.4, -0.2) is 0 Å². The lowest BCUT2D eigenvalue weighted by Crippen LogP contribution is -2.14. The van der Waals surface area contributed by atoms with Crippen molar-refractivity contribution in [3.8, 4) is 0 Å². The molecule has 1 aromatic carbocycles. The maximum absolute atomic E-state index is 13.8. The molecular formula is C12H10Br2FNS. The van der Waals surface area contributed by atoms with E-state index in [-0.39, 0.29) is 11.9 Å². The maximum Gasteiger partial charge on any atom is 0.142 e. The van der Waals surface area contributed by atoms with Gasteiger partial charge in [-0.15, -0.1) is 11.3 Å². The van der Waals surface area contributed by atoms with Crippen molar-refractivity contribution in [2.24, 2.45) is 5.73 Å². The summed E-state index contributed by atoms with van der Waals surface area (Å²) < 4.78 is 15.3. The topological polar surface area (TPSA) is 26.0 Å². The van der Waals surface area contributed by atoms with Crippen molar-refractivity contribution >= 4 is 43.2 Å². The zero-order valence-electron chi connectivity index (χ0n) is 8.79. The van der Waals surface area contributed by atoms with Crippen molar-refractivity contribution < 1.29 is 4.39 Å². The van der Waals surface area contributed by atoms with Gasteiger partial charge in [0.15, 0.2) is 0 Å². The van der Waals surface area contributed by atoms with Crippen molar-refractivity contribution in [1.29, 1.82) is 0 Å². The van der Waals surface area contributed by atoms with Crippen LogP contribution in [0.1, 0.15) is 16.5 Å². The summed E-state index contributed by atoms with van der Waals surface area (Å²) in [4.78, 5) is 1.14. The second-order valence-electron chi connectivity index (χ2n) is 3.68. The number of hydrogen-bond donors (Lipinski definition) is 1. The minimum atomic E-state index is -0.321. The summed E-state index contributed by atoms with van der Waals surface area (Å²) in [7, 11) is 0. The average Bonchev–Trinajstić information content (AvgIpc) is 2.68. The molecule has 0 bridgehead atoms. The minimum Gasteiger partial charge on any atom is -0.324 e. The molecule has 0 aliphatic carbocycles. The summed E-state index contributed by atoms with van der Waals surface area (Å²) in [6, 6.07) is 6.89. The number of thiophene rings is 1. The summed E-state index contributed by atoms with van der Waals surface area (Å²) in [6.45, 7) is 0. The van der Waals surface area contributed by atoms with Gasteiger partial charge in [-0.3, -0.25) is 0 Å². The monoisotopic (exact) mass is 377 g/mol. The molecule has 1 aromatic heterocycles. The van der Waals surface area contributed by atoms with E-state index in [1.807, 2.05) is 11.4 Å². The number of benzene rings is 1. The van der Waals surface area contributed by atoms with Gasteiger partial charge in [-0.2, -0.15) is 0 Å². The Kier molecular flexibility index (Phi) is 4.36. The third-order valence-electron chi connectivity index (χ3n) is 2.42. The normalized spacial score (nSPS) is 12.7. The van der Waals surface area contributed by atoms with Crippen molar-refractivity contribution in [3.05, 3.63) is 54.8 Å². The third-order valence-corrected chi connectivity index (χ3v) is 4.76. The molecule has 1 unspecified atom stereocenters. The Morgan fingerprint density at radius 2 is 2.12 bits per heavy atom. The van der Waals surface area contributed by atoms with E-state index in [4.69, 9.17) is 5.73 Å². The zero-order chi connectivity index (χ0) is 12.4. The van der Waals surface area contributed by atoms with Crippen LogP contribution in [0.3, 0.4) is 0 Å². The molecule has 90 valence electrons. The molecule has 0 aliphatic heterocycles. The smallest absolute Gasteiger partial charge is 0.142 e. The lowest BCUT2D eigenvalue weighted by molar-refractivity contribution is 0.576. The number of rotatable bonds is 3. The first-order valence-corrected chi connectivity index (χ1v) is 7.47. The molecule has 2 rings (SSSR count). The first-order valence-electron chi connectivity index (χ1n) is 5.00. The van der Waals surface area contributed by atoms with Crippen LogP contribution in [0.15, 0.2) is 38.6 Å². The van der Waals surface area contributed by atoms with Gasteiger partial charge in [-0.1, -0.05) is 12.1 Å². The van der Waals surface area contributed by atoms with Crippen molar-refractivity contribution in [1.82, 2.24) is 0 Å². The lowest BCUT2D eigenvalue weighted by Gasteiger charge is -2.12. The van der Waals surface area contributed by atoms with E-state index in [0.29, 0.717) is 16.5 Å². The Labute approximate surface area is 120 Å². The molecule has 0 radical (unpaired) electrons. The van der Waals surface area contributed by atoms with Crippen molar-refractivity contribution in [2.45, 2.75) is 12.5 Å². The average molecular weight is 379 g/mol. The van der Waals surface area contributed by atoms with E-state index in [0.717, 1.165) is 9.35 Å². The molecule has 0 aliphatic rings. The van der Waals surface area contributed by atoms with Gasteiger partial charge in [-0.05, 0) is 44.0 Å². The van der Waals surface area contributed by atoms with Crippen molar-refractivity contribution in [3.63, 3.8) is 0 Å². The molecule has 1 atom stereocenters. The first-order chi connectivity index (χ1) is 8.08. The largest absolute Gasteiger partial charge is 0.324 e. The highest BCUT2D eigenvalue weighted by molar-refractivity contribution is 9.10. The highest BCUT2D eigenvalue weighted by Gasteiger charge is 2.14. The van der Waals surface area contributed by atoms with Crippen LogP contribution in [0.2, 0.25) is 0 Å². The van der Waals surface area contributed by atoms with E-state index < -0.39 is 0 Å². The highest BCUT2D eigenvalue weighted by Crippen LogP contribution is 2.27. The van der Waals surface area contributed by atoms with E-state index in [9.17, 15) is 4.39 Å². The van der Waals surface area contributed by atoms with Gasteiger partial charge in [0.25, 0.3) is 0 Å². The fraction of sp³-hybridized carbons (Fsp3) is 0.167. The maximum atomic E-state index is 13.8. The Balaban J connectivity index is 2.20. The molecule has 1 nitrogen and oxygen atoms in total. The molecular weight excluding hydrogens is 369 g/mol. The predicted molar refractivity (Wildman–Crippen MR) is 76.8 cm³/mol. The molecule has 1 heterocycles. The summed E-state index contributed by atoms with van der Waals surface area (Å²) >= 11 is 8.18. The molecule has 0 saturated heterocycles. The van der Waals surface area contributed by atoms with Gasteiger partial charge in [0, 0.05) is 32.8 Å².